The van der Waals surface area contributed by atoms with E-state index in [1.165, 1.54) is 16.2 Å². The Morgan fingerprint density at radius 2 is 1.82 bits per heavy atom. The zero-order valence-corrected chi connectivity index (χ0v) is 20.2. The normalized spacial score (nSPS) is 19.2. The third-order valence-electron chi connectivity index (χ3n) is 6.25. The molecule has 34 heavy (non-hydrogen) atoms. The van der Waals surface area contributed by atoms with Crippen molar-refractivity contribution < 1.29 is 24.2 Å². The second-order valence-corrected chi connectivity index (χ2v) is 10.5. The fourth-order valence-electron chi connectivity index (χ4n) is 4.34. The molecule has 1 N–H and O–H groups in total. The molecule has 7 heteroatoms. The molecule has 3 heterocycles. The first-order valence-corrected chi connectivity index (χ1v) is 11.9. The van der Waals surface area contributed by atoms with E-state index < -0.39 is 17.7 Å². The summed E-state index contributed by atoms with van der Waals surface area (Å²) in [6.45, 7) is 8.26. The van der Waals surface area contributed by atoms with Crippen molar-refractivity contribution in [1.82, 2.24) is 0 Å². The largest absolute Gasteiger partial charge is 0.507 e. The lowest BCUT2D eigenvalue weighted by Gasteiger charge is -2.25. The molecule has 0 radical (unpaired) electrons. The number of aliphatic hydroxyl groups excluding tert-OH is 1. The number of thiophene rings is 1. The summed E-state index contributed by atoms with van der Waals surface area (Å²) in [5.74, 6) is -0.471. The maximum absolute atomic E-state index is 13.4. The van der Waals surface area contributed by atoms with Gasteiger partial charge < -0.3 is 14.6 Å². The monoisotopic (exact) mass is 475 g/mol. The summed E-state index contributed by atoms with van der Waals surface area (Å²) in [5, 5.41) is 13.4. The van der Waals surface area contributed by atoms with E-state index in [-0.39, 0.29) is 23.5 Å². The molecule has 1 unspecified atom stereocenters. The molecule has 5 rings (SSSR count). The highest BCUT2D eigenvalue weighted by Crippen LogP contribution is 2.46. The molecule has 1 atom stereocenters. The maximum Gasteiger partial charge on any atom is 0.300 e. The van der Waals surface area contributed by atoms with E-state index >= 15 is 0 Å². The summed E-state index contributed by atoms with van der Waals surface area (Å²) in [4.78, 5) is 28.9. The summed E-state index contributed by atoms with van der Waals surface area (Å²) in [6.07, 6.45) is 0. The number of nitrogens with zero attached hydrogens (tertiary/aromatic N) is 1. The SMILES string of the molecule is Cc1ccc(C(C)(C)C)cc1/C(O)=C1\C(=O)C(=O)N(c2ccc3c(c2)OCO3)C1c1cccs1. The number of ketones is 1. The Morgan fingerprint density at radius 1 is 1.06 bits per heavy atom. The van der Waals surface area contributed by atoms with Gasteiger partial charge in [0.25, 0.3) is 11.7 Å². The van der Waals surface area contributed by atoms with Gasteiger partial charge in [0, 0.05) is 22.2 Å². The van der Waals surface area contributed by atoms with Crippen LogP contribution in [0.25, 0.3) is 5.76 Å². The first-order chi connectivity index (χ1) is 16.2. The van der Waals surface area contributed by atoms with Crippen molar-refractivity contribution in [2.24, 2.45) is 0 Å². The number of amides is 1. The number of ether oxygens (including phenoxy) is 2. The average Bonchev–Trinajstić information content (AvgIpc) is 3.53. The van der Waals surface area contributed by atoms with E-state index in [0.717, 1.165) is 16.0 Å². The van der Waals surface area contributed by atoms with Crippen molar-refractivity contribution in [2.75, 3.05) is 11.7 Å². The lowest BCUT2D eigenvalue weighted by atomic mass is 9.84. The zero-order chi connectivity index (χ0) is 24.2. The molecule has 174 valence electrons. The highest BCUT2D eigenvalue weighted by Gasteiger charge is 2.47. The van der Waals surface area contributed by atoms with E-state index in [1.807, 2.05) is 42.6 Å². The minimum Gasteiger partial charge on any atom is -0.507 e. The van der Waals surface area contributed by atoms with Gasteiger partial charge in [-0.05, 0) is 53.1 Å². The Balaban J connectivity index is 1.70. The van der Waals surface area contributed by atoms with Crippen LogP contribution < -0.4 is 14.4 Å². The van der Waals surface area contributed by atoms with Gasteiger partial charge >= 0.3 is 0 Å². The maximum atomic E-state index is 13.4. The molecule has 1 aromatic heterocycles. The molecule has 0 aliphatic carbocycles. The molecule has 0 spiro atoms. The average molecular weight is 476 g/mol. The van der Waals surface area contributed by atoms with Crippen LogP contribution in [0.3, 0.4) is 0 Å². The van der Waals surface area contributed by atoms with Crippen LogP contribution in [0, 0.1) is 6.92 Å². The summed E-state index contributed by atoms with van der Waals surface area (Å²) >= 11 is 1.43. The van der Waals surface area contributed by atoms with Crippen molar-refractivity contribution in [3.05, 3.63) is 81.1 Å². The van der Waals surface area contributed by atoms with Crippen LogP contribution in [0.5, 0.6) is 11.5 Å². The molecule has 2 aliphatic heterocycles. The number of carbonyl (C=O) groups excluding carboxylic acids is 2. The van der Waals surface area contributed by atoms with Gasteiger partial charge in [-0.3, -0.25) is 14.5 Å². The van der Waals surface area contributed by atoms with Crippen molar-refractivity contribution in [3.63, 3.8) is 0 Å². The fraction of sp³-hybridized carbons (Fsp3) is 0.259. The number of carbonyl (C=O) groups is 2. The third-order valence-corrected chi connectivity index (χ3v) is 7.17. The lowest BCUT2D eigenvalue weighted by Crippen LogP contribution is -2.29. The van der Waals surface area contributed by atoms with Crippen LogP contribution in [-0.4, -0.2) is 23.6 Å². The molecule has 2 aromatic carbocycles. The van der Waals surface area contributed by atoms with Crippen LogP contribution in [0.1, 0.15) is 48.4 Å². The smallest absolute Gasteiger partial charge is 0.300 e. The molecule has 0 saturated carbocycles. The van der Waals surface area contributed by atoms with Crippen molar-refractivity contribution in [2.45, 2.75) is 39.2 Å². The van der Waals surface area contributed by atoms with E-state index in [0.29, 0.717) is 22.7 Å². The Morgan fingerprint density at radius 3 is 2.53 bits per heavy atom. The molecule has 2 aliphatic rings. The van der Waals surface area contributed by atoms with Gasteiger partial charge in [0.15, 0.2) is 11.5 Å². The van der Waals surface area contributed by atoms with Gasteiger partial charge in [0.05, 0.1) is 5.57 Å². The highest BCUT2D eigenvalue weighted by molar-refractivity contribution is 7.10. The second kappa shape index (κ2) is 8.02. The van der Waals surface area contributed by atoms with Gasteiger partial charge in [-0.2, -0.15) is 0 Å². The molecule has 1 saturated heterocycles. The minimum atomic E-state index is -0.752. The Labute approximate surface area is 202 Å². The van der Waals surface area contributed by atoms with Crippen LogP contribution in [0.2, 0.25) is 0 Å². The number of anilines is 1. The van der Waals surface area contributed by atoms with Crippen LogP contribution in [-0.2, 0) is 15.0 Å². The van der Waals surface area contributed by atoms with E-state index in [4.69, 9.17) is 9.47 Å². The number of aliphatic hydroxyl groups is 1. The molecule has 6 nitrogen and oxygen atoms in total. The van der Waals surface area contributed by atoms with E-state index in [1.54, 1.807) is 18.2 Å². The molecule has 1 amide bonds. The second-order valence-electron chi connectivity index (χ2n) is 9.50. The quantitative estimate of drug-likeness (QED) is 0.298. The first-order valence-electron chi connectivity index (χ1n) is 11.0. The fourth-order valence-corrected chi connectivity index (χ4v) is 5.16. The number of fused-ring (bicyclic) bond motifs is 1. The topological polar surface area (TPSA) is 76.1 Å². The van der Waals surface area contributed by atoms with Gasteiger partial charge in [-0.15, -0.1) is 11.3 Å². The lowest BCUT2D eigenvalue weighted by molar-refractivity contribution is -0.132. The molecule has 1 fully saturated rings. The summed E-state index contributed by atoms with van der Waals surface area (Å²) in [7, 11) is 0. The standard InChI is InChI=1S/C27H25NO5S/c1-15-7-8-16(27(2,3)4)12-18(15)24(29)22-23(21-6-5-11-34-21)28(26(31)25(22)30)17-9-10-19-20(13-17)33-14-32-19/h5-13,23,29H,14H2,1-4H3/b24-22+. The number of Topliss-reactive ketones (excluding diaryl/α,β-unsaturated/α-hetero) is 1. The third kappa shape index (κ3) is 3.56. The predicted octanol–water partition coefficient (Wildman–Crippen LogP) is 5.71. The van der Waals surface area contributed by atoms with Gasteiger partial charge in [0.1, 0.15) is 11.8 Å². The Bertz CT molecular complexity index is 1330. The molecule has 0 bridgehead atoms. The number of aryl methyl sites for hydroxylation is 1. The summed E-state index contributed by atoms with van der Waals surface area (Å²) < 4.78 is 10.9. The van der Waals surface area contributed by atoms with Gasteiger partial charge in [-0.25, -0.2) is 0 Å². The molecular formula is C27H25NO5S. The van der Waals surface area contributed by atoms with E-state index in [2.05, 4.69) is 20.8 Å². The van der Waals surface area contributed by atoms with Crippen LogP contribution >= 0.6 is 11.3 Å². The van der Waals surface area contributed by atoms with Crippen molar-refractivity contribution in [3.8, 4) is 11.5 Å². The number of benzene rings is 2. The van der Waals surface area contributed by atoms with Crippen molar-refractivity contribution >= 4 is 34.5 Å². The predicted molar refractivity (Wildman–Crippen MR) is 132 cm³/mol. The number of hydrogen-bond donors (Lipinski definition) is 1. The summed E-state index contributed by atoms with van der Waals surface area (Å²) in [6, 6.07) is 14.0. The summed E-state index contributed by atoms with van der Waals surface area (Å²) in [5.41, 5.74) is 2.84. The number of hydrogen-bond acceptors (Lipinski definition) is 6. The zero-order valence-electron chi connectivity index (χ0n) is 19.4. The Hall–Kier alpha value is -3.58. The van der Waals surface area contributed by atoms with Crippen LogP contribution in [0.15, 0.2) is 59.5 Å². The first kappa shape index (κ1) is 22.2. The van der Waals surface area contributed by atoms with Crippen LogP contribution in [0.4, 0.5) is 5.69 Å². The number of rotatable bonds is 3. The van der Waals surface area contributed by atoms with Gasteiger partial charge in [0.2, 0.25) is 6.79 Å². The Kier molecular flexibility index (Phi) is 5.24. The van der Waals surface area contributed by atoms with Gasteiger partial charge in [-0.1, -0.05) is 39.0 Å². The highest BCUT2D eigenvalue weighted by atomic mass is 32.1. The minimum absolute atomic E-state index is 0.0827. The van der Waals surface area contributed by atoms with E-state index in [9.17, 15) is 14.7 Å². The molecular weight excluding hydrogens is 450 g/mol. The van der Waals surface area contributed by atoms with Crippen molar-refractivity contribution in [1.29, 1.82) is 0 Å². The molecule has 3 aromatic rings.